The van der Waals surface area contributed by atoms with Crippen molar-refractivity contribution in [3.05, 3.63) is 23.8 Å². The van der Waals surface area contributed by atoms with Crippen molar-refractivity contribution in [3.63, 3.8) is 0 Å². The van der Waals surface area contributed by atoms with Gasteiger partial charge in [0.2, 0.25) is 0 Å². The summed E-state index contributed by atoms with van der Waals surface area (Å²) in [7, 11) is 5.01. The largest absolute Gasteiger partial charge is 0.493 e. The van der Waals surface area contributed by atoms with E-state index >= 15 is 0 Å². The second-order valence-corrected chi connectivity index (χ2v) is 6.42. The van der Waals surface area contributed by atoms with Gasteiger partial charge in [-0.1, -0.05) is 19.9 Å². The fraction of sp³-hybridized carbons (Fsp3) is 0.632. The van der Waals surface area contributed by atoms with Crippen LogP contribution in [0.25, 0.3) is 0 Å². The Bertz CT molecular complexity index is 551. The smallest absolute Gasteiger partial charge is 0.191 e. The van der Waals surface area contributed by atoms with Gasteiger partial charge in [-0.25, -0.2) is 0 Å². The minimum atomic E-state index is -0.131. The molecule has 0 spiro atoms. The summed E-state index contributed by atoms with van der Waals surface area (Å²) in [6.07, 6.45) is 0.944. The Hall–Kier alpha value is -1.22. The number of ether oxygens (including phenoxy) is 3. The van der Waals surface area contributed by atoms with E-state index in [2.05, 4.69) is 37.5 Å². The molecule has 0 saturated carbocycles. The maximum atomic E-state index is 5.41. The number of benzene rings is 1. The molecule has 0 heterocycles. The summed E-state index contributed by atoms with van der Waals surface area (Å²) < 4.78 is 15.8. The van der Waals surface area contributed by atoms with Crippen LogP contribution in [-0.2, 0) is 10.2 Å². The summed E-state index contributed by atoms with van der Waals surface area (Å²) in [5.74, 6) is 2.30. The first-order chi connectivity index (χ1) is 12.0. The fourth-order valence-corrected chi connectivity index (χ4v) is 2.39. The van der Waals surface area contributed by atoms with Crippen molar-refractivity contribution in [2.24, 2.45) is 4.99 Å². The highest BCUT2D eigenvalue weighted by Gasteiger charge is 2.22. The van der Waals surface area contributed by atoms with Crippen LogP contribution in [-0.4, -0.2) is 53.5 Å². The molecule has 150 valence electrons. The van der Waals surface area contributed by atoms with Crippen LogP contribution in [0.4, 0.5) is 0 Å². The lowest BCUT2D eigenvalue weighted by Gasteiger charge is -2.25. The van der Waals surface area contributed by atoms with Gasteiger partial charge in [-0.2, -0.15) is 0 Å². The topological polar surface area (TPSA) is 64.1 Å². The second kappa shape index (κ2) is 13.0. The van der Waals surface area contributed by atoms with Gasteiger partial charge in [-0.05, 0) is 31.0 Å². The van der Waals surface area contributed by atoms with Gasteiger partial charge in [0.1, 0.15) is 0 Å². The SMILES string of the molecule is CCNC(=NCC(C)(C)c1ccc(OC)c(OC)c1)NCCCOC.I. The molecule has 0 radical (unpaired) electrons. The number of aliphatic imine (C=N–C) groups is 1. The Balaban J connectivity index is 0.00000625. The normalized spacial score (nSPS) is 11.5. The van der Waals surface area contributed by atoms with E-state index in [1.807, 2.05) is 12.1 Å². The minimum absolute atomic E-state index is 0. The Labute approximate surface area is 175 Å². The Morgan fingerprint density at radius 3 is 2.35 bits per heavy atom. The standard InChI is InChI=1S/C19H33N3O3.HI/c1-7-20-18(21-11-8-12-23-4)22-14-19(2,3)15-9-10-16(24-5)17(13-15)25-6;/h9-10,13H,7-8,11-12,14H2,1-6H3,(H2,20,21,22);1H. The zero-order chi connectivity index (χ0) is 18.7. The number of nitrogens with zero attached hydrogens (tertiary/aromatic N) is 1. The molecule has 1 aromatic rings. The Morgan fingerprint density at radius 2 is 1.77 bits per heavy atom. The van der Waals surface area contributed by atoms with Gasteiger partial charge in [0.05, 0.1) is 20.8 Å². The molecule has 2 N–H and O–H groups in total. The van der Waals surface area contributed by atoms with Gasteiger partial charge < -0.3 is 24.8 Å². The van der Waals surface area contributed by atoms with E-state index in [1.54, 1.807) is 21.3 Å². The van der Waals surface area contributed by atoms with Crippen molar-refractivity contribution in [2.75, 3.05) is 47.6 Å². The van der Waals surface area contributed by atoms with E-state index in [4.69, 9.17) is 19.2 Å². The average Bonchev–Trinajstić information content (AvgIpc) is 2.62. The summed E-state index contributed by atoms with van der Waals surface area (Å²) in [6.45, 7) is 9.46. The molecule has 1 rings (SSSR count). The monoisotopic (exact) mass is 479 g/mol. The van der Waals surface area contributed by atoms with Crippen molar-refractivity contribution in [1.82, 2.24) is 10.6 Å². The lowest BCUT2D eigenvalue weighted by molar-refractivity contribution is 0.195. The van der Waals surface area contributed by atoms with Gasteiger partial charge >= 0.3 is 0 Å². The van der Waals surface area contributed by atoms with Crippen molar-refractivity contribution in [1.29, 1.82) is 0 Å². The molecular formula is C19H34IN3O3. The summed E-state index contributed by atoms with van der Waals surface area (Å²) in [5, 5.41) is 6.61. The first kappa shape index (κ1) is 24.8. The van der Waals surface area contributed by atoms with Crippen molar-refractivity contribution in [3.8, 4) is 11.5 Å². The predicted molar refractivity (Wildman–Crippen MR) is 118 cm³/mol. The number of methoxy groups -OCH3 is 3. The van der Waals surface area contributed by atoms with E-state index in [1.165, 1.54) is 0 Å². The summed E-state index contributed by atoms with van der Waals surface area (Å²) >= 11 is 0. The van der Waals surface area contributed by atoms with E-state index in [-0.39, 0.29) is 29.4 Å². The Kier molecular flexibility index (Phi) is 12.4. The molecule has 0 bridgehead atoms. The predicted octanol–water partition coefficient (Wildman–Crippen LogP) is 3.19. The lowest BCUT2D eigenvalue weighted by Crippen LogP contribution is -2.39. The van der Waals surface area contributed by atoms with Crippen molar-refractivity contribution in [2.45, 2.75) is 32.6 Å². The van der Waals surface area contributed by atoms with E-state index < -0.39 is 0 Å². The maximum absolute atomic E-state index is 5.41. The Morgan fingerprint density at radius 1 is 1.08 bits per heavy atom. The molecule has 0 aromatic heterocycles. The second-order valence-electron chi connectivity index (χ2n) is 6.42. The summed E-state index contributed by atoms with van der Waals surface area (Å²) in [6, 6.07) is 6.02. The highest BCUT2D eigenvalue weighted by molar-refractivity contribution is 14.0. The third-order valence-corrected chi connectivity index (χ3v) is 3.96. The molecule has 6 nitrogen and oxygen atoms in total. The molecule has 0 aliphatic carbocycles. The minimum Gasteiger partial charge on any atom is -0.493 e. The number of hydrogen-bond donors (Lipinski definition) is 2. The molecular weight excluding hydrogens is 445 g/mol. The quantitative estimate of drug-likeness (QED) is 0.234. The van der Waals surface area contributed by atoms with Gasteiger partial charge in [-0.15, -0.1) is 24.0 Å². The molecule has 0 unspecified atom stereocenters. The zero-order valence-electron chi connectivity index (χ0n) is 16.8. The molecule has 1 aromatic carbocycles. The van der Waals surface area contributed by atoms with Crippen molar-refractivity contribution >= 4 is 29.9 Å². The third-order valence-electron chi connectivity index (χ3n) is 3.96. The highest BCUT2D eigenvalue weighted by atomic mass is 127. The van der Waals surface area contributed by atoms with Crippen LogP contribution in [0.2, 0.25) is 0 Å². The van der Waals surface area contributed by atoms with E-state index in [9.17, 15) is 0 Å². The van der Waals surface area contributed by atoms with Crippen LogP contribution in [0.5, 0.6) is 11.5 Å². The number of guanidine groups is 1. The van der Waals surface area contributed by atoms with Crippen LogP contribution in [0.15, 0.2) is 23.2 Å². The van der Waals surface area contributed by atoms with Crippen LogP contribution in [0.1, 0.15) is 32.8 Å². The van der Waals surface area contributed by atoms with Gasteiger partial charge in [-0.3, -0.25) is 4.99 Å². The maximum Gasteiger partial charge on any atom is 0.191 e. The van der Waals surface area contributed by atoms with E-state index in [0.29, 0.717) is 6.54 Å². The first-order valence-electron chi connectivity index (χ1n) is 8.72. The third kappa shape index (κ3) is 7.99. The summed E-state index contributed by atoms with van der Waals surface area (Å²) in [4.78, 5) is 4.74. The number of halogens is 1. The van der Waals surface area contributed by atoms with E-state index in [0.717, 1.165) is 49.1 Å². The van der Waals surface area contributed by atoms with Crippen molar-refractivity contribution < 1.29 is 14.2 Å². The highest BCUT2D eigenvalue weighted by Crippen LogP contribution is 2.33. The molecule has 0 aliphatic rings. The zero-order valence-corrected chi connectivity index (χ0v) is 19.2. The van der Waals surface area contributed by atoms with Crippen LogP contribution < -0.4 is 20.1 Å². The van der Waals surface area contributed by atoms with Crippen LogP contribution >= 0.6 is 24.0 Å². The fourth-order valence-electron chi connectivity index (χ4n) is 2.39. The lowest BCUT2D eigenvalue weighted by atomic mass is 9.84. The van der Waals surface area contributed by atoms with Gasteiger partial charge in [0, 0.05) is 32.2 Å². The molecule has 0 atom stereocenters. The molecule has 0 fully saturated rings. The van der Waals surface area contributed by atoms with Gasteiger partial charge in [0.15, 0.2) is 17.5 Å². The van der Waals surface area contributed by atoms with Crippen LogP contribution in [0, 0.1) is 0 Å². The first-order valence-corrected chi connectivity index (χ1v) is 8.72. The van der Waals surface area contributed by atoms with Gasteiger partial charge in [0.25, 0.3) is 0 Å². The molecule has 26 heavy (non-hydrogen) atoms. The van der Waals surface area contributed by atoms with Crippen LogP contribution in [0.3, 0.4) is 0 Å². The molecule has 0 saturated heterocycles. The molecule has 7 heteroatoms. The molecule has 0 amide bonds. The number of nitrogens with one attached hydrogen (secondary N) is 2. The average molecular weight is 479 g/mol. The number of rotatable bonds is 10. The number of hydrogen-bond acceptors (Lipinski definition) is 4. The molecule has 0 aliphatic heterocycles. The summed E-state index contributed by atoms with van der Waals surface area (Å²) in [5.41, 5.74) is 1.03.